The van der Waals surface area contributed by atoms with Crippen molar-refractivity contribution in [3.63, 3.8) is 0 Å². The van der Waals surface area contributed by atoms with Gasteiger partial charge in [-0.05, 0) is 23.3 Å². The highest BCUT2D eigenvalue weighted by atomic mass is 35.5. The Kier molecular flexibility index (Phi) is 3.26. The van der Waals surface area contributed by atoms with E-state index in [1.54, 1.807) is 0 Å². The molecule has 1 aromatic heterocycles. The van der Waals surface area contributed by atoms with Gasteiger partial charge in [-0.3, -0.25) is 0 Å². The maximum Gasteiger partial charge on any atom is 0.0954 e. The first-order valence-electron chi connectivity index (χ1n) is 6.35. The lowest BCUT2D eigenvalue weighted by Gasteiger charge is -2.18. The monoisotopic (exact) mass is 270 g/mol. The van der Waals surface area contributed by atoms with Gasteiger partial charge in [-0.15, -0.1) is 11.6 Å². The van der Waals surface area contributed by atoms with E-state index in [2.05, 4.69) is 58.9 Å². The average Bonchev–Trinajstić information content (AvgIpc) is 2.94. The van der Waals surface area contributed by atoms with Crippen molar-refractivity contribution in [2.45, 2.75) is 18.8 Å². The molecule has 0 spiro atoms. The van der Waals surface area contributed by atoms with Crippen molar-refractivity contribution in [2.75, 3.05) is 0 Å². The first-order valence-corrected chi connectivity index (χ1v) is 6.89. The maximum atomic E-state index is 5.96. The van der Waals surface area contributed by atoms with Crippen molar-refractivity contribution in [1.82, 2.24) is 9.55 Å². The van der Waals surface area contributed by atoms with Gasteiger partial charge in [0.1, 0.15) is 0 Å². The normalized spacial score (nSPS) is 12.7. The third kappa shape index (κ3) is 2.13. The number of hydrogen-bond donors (Lipinski definition) is 0. The van der Waals surface area contributed by atoms with Crippen molar-refractivity contribution < 1.29 is 0 Å². The van der Waals surface area contributed by atoms with E-state index in [1.807, 2.05) is 12.5 Å². The molecule has 0 saturated heterocycles. The Morgan fingerprint density at radius 3 is 2.79 bits per heavy atom. The molecular formula is C16H15ClN2. The third-order valence-corrected chi connectivity index (χ3v) is 3.85. The number of rotatable bonds is 3. The molecule has 3 heteroatoms. The minimum absolute atomic E-state index is 0.224. The van der Waals surface area contributed by atoms with Crippen molar-refractivity contribution in [3.05, 3.63) is 66.2 Å². The van der Waals surface area contributed by atoms with Crippen LogP contribution in [0.25, 0.3) is 10.8 Å². The molecule has 1 atom stereocenters. The van der Waals surface area contributed by atoms with Gasteiger partial charge in [0.25, 0.3) is 0 Å². The van der Waals surface area contributed by atoms with Crippen LogP contribution in [0.1, 0.15) is 24.2 Å². The molecule has 0 aliphatic heterocycles. The van der Waals surface area contributed by atoms with E-state index in [-0.39, 0.29) is 6.04 Å². The van der Waals surface area contributed by atoms with Crippen LogP contribution in [0.15, 0.2) is 55.0 Å². The highest BCUT2D eigenvalue weighted by Gasteiger charge is 2.13. The molecule has 0 aliphatic carbocycles. The molecule has 96 valence electrons. The van der Waals surface area contributed by atoms with Crippen molar-refractivity contribution in [3.8, 4) is 0 Å². The topological polar surface area (TPSA) is 17.8 Å². The van der Waals surface area contributed by atoms with Gasteiger partial charge >= 0.3 is 0 Å². The Morgan fingerprint density at radius 1 is 1.16 bits per heavy atom. The quantitative estimate of drug-likeness (QED) is 0.646. The van der Waals surface area contributed by atoms with Crippen LogP contribution in [0.3, 0.4) is 0 Å². The summed E-state index contributed by atoms with van der Waals surface area (Å²) in [6.45, 7) is 2.18. The standard InChI is InChI=1S/C16H15ClN2/c1-12(19-11-18-10-14(19)9-17)15-8-4-6-13-5-2-3-7-16(13)15/h2-8,10-12H,9H2,1H3. The molecule has 3 aromatic rings. The number of halogens is 1. The van der Waals surface area contributed by atoms with Gasteiger partial charge in [0.15, 0.2) is 0 Å². The number of alkyl halides is 1. The van der Waals surface area contributed by atoms with Gasteiger partial charge in [-0.25, -0.2) is 4.98 Å². The van der Waals surface area contributed by atoms with Crippen LogP contribution in [0.5, 0.6) is 0 Å². The van der Waals surface area contributed by atoms with Gasteiger partial charge in [-0.1, -0.05) is 42.5 Å². The van der Waals surface area contributed by atoms with Gasteiger partial charge < -0.3 is 4.57 Å². The van der Waals surface area contributed by atoms with E-state index in [9.17, 15) is 0 Å². The number of hydrogen-bond acceptors (Lipinski definition) is 1. The van der Waals surface area contributed by atoms with E-state index in [0.29, 0.717) is 5.88 Å². The summed E-state index contributed by atoms with van der Waals surface area (Å²) in [7, 11) is 0. The zero-order valence-electron chi connectivity index (χ0n) is 10.8. The van der Waals surface area contributed by atoms with Crippen LogP contribution in [-0.4, -0.2) is 9.55 Å². The summed E-state index contributed by atoms with van der Waals surface area (Å²) < 4.78 is 2.13. The van der Waals surface area contributed by atoms with Gasteiger partial charge in [-0.2, -0.15) is 0 Å². The lowest BCUT2D eigenvalue weighted by molar-refractivity contribution is 0.624. The zero-order valence-corrected chi connectivity index (χ0v) is 11.5. The van der Waals surface area contributed by atoms with Crippen LogP contribution in [0, 0.1) is 0 Å². The van der Waals surface area contributed by atoms with Gasteiger partial charge in [0, 0.05) is 6.20 Å². The number of nitrogens with zero attached hydrogens (tertiary/aromatic N) is 2. The minimum Gasteiger partial charge on any atom is -0.326 e. The van der Waals surface area contributed by atoms with Crippen LogP contribution in [0.4, 0.5) is 0 Å². The number of aromatic nitrogens is 2. The van der Waals surface area contributed by atoms with Crippen LogP contribution < -0.4 is 0 Å². The Hall–Kier alpha value is -1.80. The van der Waals surface area contributed by atoms with Gasteiger partial charge in [0.05, 0.1) is 23.9 Å². The molecule has 0 N–H and O–H groups in total. The number of imidazole rings is 1. The van der Waals surface area contributed by atoms with Crippen LogP contribution >= 0.6 is 11.6 Å². The van der Waals surface area contributed by atoms with Crippen molar-refractivity contribution in [2.24, 2.45) is 0 Å². The molecule has 1 heterocycles. The minimum atomic E-state index is 0.224. The average molecular weight is 271 g/mol. The highest BCUT2D eigenvalue weighted by molar-refractivity contribution is 6.16. The second-order valence-corrected chi connectivity index (χ2v) is 4.94. The fraction of sp³-hybridized carbons (Fsp3) is 0.188. The van der Waals surface area contributed by atoms with Crippen molar-refractivity contribution in [1.29, 1.82) is 0 Å². The third-order valence-electron chi connectivity index (χ3n) is 3.57. The molecule has 0 radical (unpaired) electrons. The predicted octanol–water partition coefficient (Wildman–Crippen LogP) is 4.38. The fourth-order valence-electron chi connectivity index (χ4n) is 2.55. The molecule has 0 amide bonds. The van der Waals surface area contributed by atoms with E-state index in [0.717, 1.165) is 5.69 Å². The molecular weight excluding hydrogens is 256 g/mol. The summed E-state index contributed by atoms with van der Waals surface area (Å²) in [5, 5.41) is 2.55. The molecule has 0 bridgehead atoms. The van der Waals surface area contributed by atoms with E-state index in [4.69, 9.17) is 11.6 Å². The van der Waals surface area contributed by atoms with E-state index in [1.165, 1.54) is 16.3 Å². The SMILES string of the molecule is CC(c1cccc2ccccc12)n1cncc1CCl. The maximum absolute atomic E-state index is 5.96. The highest BCUT2D eigenvalue weighted by Crippen LogP contribution is 2.27. The summed E-state index contributed by atoms with van der Waals surface area (Å²) in [5.74, 6) is 0.481. The Bertz CT molecular complexity index is 697. The van der Waals surface area contributed by atoms with E-state index < -0.39 is 0 Å². The molecule has 1 unspecified atom stereocenters. The smallest absolute Gasteiger partial charge is 0.0954 e. The van der Waals surface area contributed by atoms with Crippen LogP contribution in [-0.2, 0) is 5.88 Å². The summed E-state index contributed by atoms with van der Waals surface area (Å²) in [6, 6.07) is 15.1. The molecule has 0 fully saturated rings. The Morgan fingerprint density at radius 2 is 1.95 bits per heavy atom. The molecule has 19 heavy (non-hydrogen) atoms. The summed E-state index contributed by atoms with van der Waals surface area (Å²) in [6.07, 6.45) is 3.68. The first kappa shape index (κ1) is 12.2. The lowest BCUT2D eigenvalue weighted by atomic mass is 9.99. The summed E-state index contributed by atoms with van der Waals surface area (Å²) in [5.41, 5.74) is 2.34. The second kappa shape index (κ2) is 5.06. The molecule has 0 aliphatic rings. The largest absolute Gasteiger partial charge is 0.326 e. The molecule has 0 saturated carbocycles. The lowest BCUT2D eigenvalue weighted by Crippen LogP contribution is -2.08. The zero-order chi connectivity index (χ0) is 13.2. The predicted molar refractivity (Wildman–Crippen MR) is 79.5 cm³/mol. The van der Waals surface area contributed by atoms with Gasteiger partial charge in [0.2, 0.25) is 0 Å². The summed E-state index contributed by atoms with van der Waals surface area (Å²) in [4.78, 5) is 4.20. The van der Waals surface area contributed by atoms with Crippen molar-refractivity contribution >= 4 is 22.4 Å². The van der Waals surface area contributed by atoms with E-state index >= 15 is 0 Å². The molecule has 3 rings (SSSR count). The Labute approximate surface area is 117 Å². The van der Waals surface area contributed by atoms with Crippen LogP contribution in [0.2, 0.25) is 0 Å². The number of benzene rings is 2. The second-order valence-electron chi connectivity index (χ2n) is 4.67. The summed E-state index contributed by atoms with van der Waals surface area (Å²) >= 11 is 5.96. The molecule has 2 nitrogen and oxygen atoms in total. The fourth-order valence-corrected chi connectivity index (χ4v) is 2.76. The first-order chi connectivity index (χ1) is 9.31. The molecule has 2 aromatic carbocycles. The Balaban J connectivity index is 2.14. The number of fused-ring (bicyclic) bond motifs is 1.